The molecule has 0 bridgehead atoms. The van der Waals surface area contributed by atoms with E-state index >= 15 is 0 Å². The molecule has 0 aliphatic heterocycles. The van der Waals surface area contributed by atoms with Crippen LogP contribution in [0, 0.1) is 10.1 Å². The van der Waals surface area contributed by atoms with Gasteiger partial charge in [0, 0.05) is 24.1 Å². The van der Waals surface area contributed by atoms with Crippen LogP contribution in [0.5, 0.6) is 0 Å². The summed E-state index contributed by atoms with van der Waals surface area (Å²) in [5.41, 5.74) is 1.04. The van der Waals surface area contributed by atoms with Crippen molar-refractivity contribution in [2.45, 2.75) is 11.4 Å². The third-order valence-corrected chi connectivity index (χ3v) is 5.68. The van der Waals surface area contributed by atoms with Gasteiger partial charge in [0.05, 0.1) is 9.82 Å². The van der Waals surface area contributed by atoms with Gasteiger partial charge in [-0.1, -0.05) is 34.1 Å². The van der Waals surface area contributed by atoms with E-state index in [4.69, 9.17) is 0 Å². The Morgan fingerprint density at radius 1 is 1.25 bits per heavy atom. The van der Waals surface area contributed by atoms with Crippen molar-refractivity contribution in [3.8, 4) is 0 Å². The lowest BCUT2D eigenvalue weighted by Gasteiger charge is -2.20. The number of nitro groups is 1. The summed E-state index contributed by atoms with van der Waals surface area (Å²) in [6, 6.07) is 11.4. The van der Waals surface area contributed by atoms with Gasteiger partial charge in [0.1, 0.15) is 5.69 Å². The van der Waals surface area contributed by atoms with Crippen LogP contribution in [-0.2, 0) is 16.6 Å². The minimum Gasteiger partial charge on any atom is -0.365 e. The summed E-state index contributed by atoms with van der Waals surface area (Å²) in [5.74, 6) is 0. The third-order valence-electron chi connectivity index (χ3n) is 3.50. The van der Waals surface area contributed by atoms with Gasteiger partial charge in [-0.2, -0.15) is 0 Å². The van der Waals surface area contributed by atoms with Crippen molar-refractivity contribution in [2.75, 3.05) is 19.0 Å². The van der Waals surface area contributed by atoms with Crippen molar-refractivity contribution < 1.29 is 13.3 Å². The zero-order chi connectivity index (χ0) is 17.9. The van der Waals surface area contributed by atoms with Crippen LogP contribution in [0.4, 0.5) is 11.4 Å². The van der Waals surface area contributed by atoms with Crippen LogP contribution in [0.2, 0.25) is 0 Å². The van der Waals surface area contributed by atoms with Crippen LogP contribution in [0.1, 0.15) is 5.56 Å². The molecule has 128 valence electrons. The molecule has 1 N–H and O–H groups in total. The van der Waals surface area contributed by atoms with Crippen molar-refractivity contribution in [2.24, 2.45) is 0 Å². The van der Waals surface area contributed by atoms with Crippen LogP contribution in [0.15, 0.2) is 51.8 Å². The Morgan fingerprint density at radius 2 is 1.92 bits per heavy atom. The first kappa shape index (κ1) is 18.4. The molecule has 0 amide bonds. The second-order valence-corrected chi connectivity index (χ2v) is 7.80. The van der Waals surface area contributed by atoms with Crippen molar-refractivity contribution in [3.63, 3.8) is 0 Å². The van der Waals surface area contributed by atoms with Crippen molar-refractivity contribution in [1.29, 1.82) is 0 Å². The Labute approximate surface area is 148 Å². The highest BCUT2D eigenvalue weighted by Crippen LogP contribution is 2.31. The Kier molecular flexibility index (Phi) is 5.58. The third kappa shape index (κ3) is 3.92. The molecule has 0 saturated heterocycles. The van der Waals surface area contributed by atoms with E-state index < -0.39 is 14.9 Å². The maximum atomic E-state index is 11.8. The average Bonchev–Trinajstić information content (AvgIpc) is 2.56. The first-order chi connectivity index (χ1) is 11.3. The second-order valence-electron chi connectivity index (χ2n) is 5.06. The fourth-order valence-corrected chi connectivity index (χ4v) is 3.38. The molecule has 7 nitrogen and oxygen atoms in total. The number of anilines is 1. The van der Waals surface area contributed by atoms with Crippen molar-refractivity contribution in [3.05, 3.63) is 62.6 Å². The molecule has 0 fully saturated rings. The number of rotatable bonds is 6. The standard InChI is InChI=1S/C15H16BrN3O4S/c1-17-24(22,23)12-7-8-14(15(9-12)19(20)21)18(2)10-11-5-3-4-6-13(11)16/h3-9,17H,10H2,1-2H3. The van der Waals surface area contributed by atoms with E-state index in [9.17, 15) is 18.5 Å². The van der Waals surface area contributed by atoms with E-state index in [1.54, 1.807) is 11.9 Å². The Bertz CT molecular complexity index is 871. The zero-order valence-corrected chi connectivity index (χ0v) is 15.5. The topological polar surface area (TPSA) is 92.6 Å². The summed E-state index contributed by atoms with van der Waals surface area (Å²) >= 11 is 3.44. The van der Waals surface area contributed by atoms with E-state index in [0.717, 1.165) is 16.1 Å². The van der Waals surface area contributed by atoms with Gasteiger partial charge in [0.25, 0.3) is 5.69 Å². The minimum atomic E-state index is -3.74. The molecule has 0 saturated carbocycles. The molecule has 0 heterocycles. The van der Waals surface area contributed by atoms with Gasteiger partial charge in [0.2, 0.25) is 10.0 Å². The predicted molar refractivity (Wildman–Crippen MR) is 95.6 cm³/mol. The molecule has 0 aliphatic carbocycles. The Morgan fingerprint density at radius 3 is 2.50 bits per heavy atom. The minimum absolute atomic E-state index is 0.144. The second kappa shape index (κ2) is 7.29. The van der Waals surface area contributed by atoms with Crippen LogP contribution in [-0.4, -0.2) is 27.4 Å². The Balaban J connectivity index is 2.43. The monoisotopic (exact) mass is 413 g/mol. The number of benzene rings is 2. The highest BCUT2D eigenvalue weighted by molar-refractivity contribution is 9.10. The van der Waals surface area contributed by atoms with Crippen LogP contribution in [0.3, 0.4) is 0 Å². The molecule has 2 rings (SSSR count). The van der Waals surface area contributed by atoms with Gasteiger partial charge in [-0.25, -0.2) is 13.1 Å². The number of hydrogen-bond donors (Lipinski definition) is 1. The predicted octanol–water partition coefficient (Wildman–Crippen LogP) is 2.90. The normalized spacial score (nSPS) is 11.3. The first-order valence-electron chi connectivity index (χ1n) is 6.93. The zero-order valence-electron chi connectivity index (χ0n) is 13.1. The van der Waals surface area contributed by atoms with Crippen LogP contribution in [0.25, 0.3) is 0 Å². The van der Waals surface area contributed by atoms with E-state index in [1.807, 2.05) is 24.3 Å². The summed E-state index contributed by atoms with van der Waals surface area (Å²) in [7, 11) is -0.768. The molecular formula is C15H16BrN3O4S. The summed E-state index contributed by atoms with van der Waals surface area (Å²) in [5, 5.41) is 11.4. The number of nitrogens with one attached hydrogen (secondary N) is 1. The highest BCUT2D eigenvalue weighted by atomic mass is 79.9. The molecular weight excluding hydrogens is 398 g/mol. The number of sulfonamides is 1. The van der Waals surface area contributed by atoms with Crippen LogP contribution >= 0.6 is 15.9 Å². The van der Waals surface area contributed by atoms with Gasteiger partial charge in [-0.15, -0.1) is 0 Å². The van der Waals surface area contributed by atoms with E-state index in [0.29, 0.717) is 12.2 Å². The smallest absolute Gasteiger partial charge is 0.293 e. The fourth-order valence-electron chi connectivity index (χ4n) is 2.22. The lowest BCUT2D eigenvalue weighted by Crippen LogP contribution is -2.20. The van der Waals surface area contributed by atoms with Crippen molar-refractivity contribution in [1.82, 2.24) is 4.72 Å². The Hall–Kier alpha value is -1.97. The fraction of sp³-hybridized carbons (Fsp3) is 0.200. The molecule has 0 aromatic heterocycles. The van der Waals surface area contributed by atoms with E-state index in [1.165, 1.54) is 19.2 Å². The van der Waals surface area contributed by atoms with Gasteiger partial charge in [-0.05, 0) is 30.8 Å². The molecule has 0 spiro atoms. The summed E-state index contributed by atoms with van der Waals surface area (Å²) < 4.78 is 26.7. The average molecular weight is 414 g/mol. The van der Waals surface area contributed by atoms with Crippen LogP contribution < -0.4 is 9.62 Å². The largest absolute Gasteiger partial charge is 0.365 e. The van der Waals surface area contributed by atoms with Gasteiger partial charge in [-0.3, -0.25) is 10.1 Å². The SMILES string of the molecule is CNS(=O)(=O)c1ccc(N(C)Cc2ccccc2Br)c([N+](=O)[O-])c1. The number of halogens is 1. The van der Waals surface area contributed by atoms with E-state index in [2.05, 4.69) is 20.7 Å². The lowest BCUT2D eigenvalue weighted by atomic mass is 10.2. The van der Waals surface area contributed by atoms with Gasteiger partial charge in [0.15, 0.2) is 0 Å². The molecule has 0 atom stereocenters. The lowest BCUT2D eigenvalue weighted by molar-refractivity contribution is -0.384. The molecule has 0 radical (unpaired) electrons. The molecule has 2 aromatic rings. The molecule has 2 aromatic carbocycles. The quantitative estimate of drug-likeness (QED) is 0.580. The molecule has 9 heteroatoms. The number of hydrogen-bond acceptors (Lipinski definition) is 5. The molecule has 0 unspecified atom stereocenters. The number of nitro benzene ring substituents is 1. The van der Waals surface area contributed by atoms with E-state index in [-0.39, 0.29) is 10.6 Å². The summed E-state index contributed by atoms with van der Waals surface area (Å²) in [4.78, 5) is 12.3. The first-order valence-corrected chi connectivity index (χ1v) is 9.20. The summed E-state index contributed by atoms with van der Waals surface area (Å²) in [6.07, 6.45) is 0. The van der Waals surface area contributed by atoms with Gasteiger partial charge >= 0.3 is 0 Å². The molecule has 0 aliphatic rings. The highest BCUT2D eigenvalue weighted by Gasteiger charge is 2.22. The summed E-state index contributed by atoms with van der Waals surface area (Å²) in [6.45, 7) is 0.431. The maximum absolute atomic E-state index is 11.8. The number of nitrogens with zero attached hydrogens (tertiary/aromatic N) is 2. The van der Waals surface area contributed by atoms with Crippen molar-refractivity contribution >= 4 is 37.3 Å². The maximum Gasteiger partial charge on any atom is 0.293 e. The van der Waals surface area contributed by atoms with Gasteiger partial charge < -0.3 is 4.90 Å². The molecule has 24 heavy (non-hydrogen) atoms.